The number of rotatable bonds is 13. The molecule has 2 N–H and O–H groups in total. The van der Waals surface area contributed by atoms with E-state index in [0.717, 1.165) is 55.6 Å². The summed E-state index contributed by atoms with van der Waals surface area (Å²) in [5.41, 5.74) is 5.07. The number of aliphatic hydroxyl groups excluding tert-OH is 1. The van der Waals surface area contributed by atoms with Crippen LogP contribution in [0.1, 0.15) is 55.7 Å². The van der Waals surface area contributed by atoms with Gasteiger partial charge in [-0.3, -0.25) is 0 Å². The van der Waals surface area contributed by atoms with Gasteiger partial charge in [0.2, 0.25) is 0 Å². The Bertz CT molecular complexity index is 2230. The number of aliphatic hydroxyl groups is 1. The Kier molecular flexibility index (Phi) is 11.8. The summed E-state index contributed by atoms with van der Waals surface area (Å²) in [6, 6.07) is 28.2. The van der Waals surface area contributed by atoms with E-state index in [-0.39, 0.29) is 26.0 Å². The standard InChI is InChI=1S/C45H53N5O7/c1-6-54-43(52)41-36(17-11-27-55-39-18-9-13-31-12-7-8-14-34(31)39)35-15-10-16-37(40(35)46-41)42-38(28-51)47(5)29-50(42)30-56-33-21-19-32(20-22-33)48-23-25-49(26-24-48)44(53)57-45(2,3)4/h7-10,12-16,18-22,46,51H,6,11,17,23-30H2,1-5H3. The number of aromatic nitrogens is 1. The lowest BCUT2D eigenvalue weighted by Crippen LogP contribution is -2.50. The zero-order valence-corrected chi connectivity index (χ0v) is 33.5. The highest BCUT2D eigenvalue weighted by atomic mass is 16.6. The van der Waals surface area contributed by atoms with Crippen LogP contribution in [-0.2, 0) is 15.9 Å². The number of esters is 1. The minimum atomic E-state index is -0.521. The molecule has 0 bridgehead atoms. The molecule has 12 heteroatoms. The SMILES string of the molecule is CCOC(=O)c1[nH]c2c(C3=C(CO)N(C)CN3COc3ccc(N4CCN(C(=O)OC(C)(C)C)CC4)cc3)cccc2c1CCCOc1cccc2ccccc12. The fourth-order valence-corrected chi connectivity index (χ4v) is 7.64. The van der Waals surface area contributed by atoms with Crippen LogP contribution in [0.25, 0.3) is 27.4 Å². The summed E-state index contributed by atoms with van der Waals surface area (Å²) in [4.78, 5) is 37.5. The molecule has 1 fully saturated rings. The second-order valence-electron chi connectivity index (χ2n) is 15.4. The Hall–Kier alpha value is -5.88. The van der Waals surface area contributed by atoms with E-state index in [1.54, 1.807) is 11.8 Å². The number of hydrogen-bond donors (Lipinski definition) is 2. The van der Waals surface area contributed by atoms with Crippen molar-refractivity contribution in [3.05, 3.63) is 107 Å². The quantitative estimate of drug-likeness (QED) is 0.0921. The van der Waals surface area contributed by atoms with Crippen LogP contribution >= 0.6 is 0 Å². The second-order valence-corrected chi connectivity index (χ2v) is 15.4. The van der Waals surface area contributed by atoms with E-state index >= 15 is 0 Å². The van der Waals surface area contributed by atoms with E-state index in [1.165, 1.54) is 0 Å². The van der Waals surface area contributed by atoms with Crippen molar-refractivity contribution in [1.82, 2.24) is 19.7 Å². The van der Waals surface area contributed by atoms with Gasteiger partial charge in [-0.2, -0.15) is 0 Å². The summed E-state index contributed by atoms with van der Waals surface area (Å²) in [5, 5.41) is 13.7. The van der Waals surface area contributed by atoms with Gasteiger partial charge in [0.15, 0.2) is 6.73 Å². The molecular formula is C45H53N5O7. The largest absolute Gasteiger partial charge is 0.493 e. The molecule has 300 valence electrons. The fraction of sp³-hybridized carbons (Fsp3) is 0.378. The number of nitrogens with one attached hydrogen (secondary N) is 1. The zero-order valence-electron chi connectivity index (χ0n) is 33.5. The number of hydrogen-bond acceptors (Lipinski definition) is 10. The maximum absolute atomic E-state index is 13.4. The van der Waals surface area contributed by atoms with E-state index in [4.69, 9.17) is 18.9 Å². The molecule has 0 saturated carbocycles. The van der Waals surface area contributed by atoms with Crippen molar-refractivity contribution >= 4 is 45.1 Å². The number of piperazine rings is 1. The van der Waals surface area contributed by atoms with Crippen LogP contribution in [0.15, 0.2) is 90.6 Å². The van der Waals surface area contributed by atoms with Crippen molar-refractivity contribution in [1.29, 1.82) is 0 Å². The number of ether oxygens (including phenoxy) is 4. The molecule has 12 nitrogen and oxygen atoms in total. The van der Waals surface area contributed by atoms with Crippen LogP contribution in [0.5, 0.6) is 11.5 Å². The van der Waals surface area contributed by atoms with Gasteiger partial charge in [-0.05, 0) is 81.8 Å². The predicted molar refractivity (Wildman–Crippen MR) is 222 cm³/mol. The monoisotopic (exact) mass is 775 g/mol. The first-order valence-electron chi connectivity index (χ1n) is 19.7. The molecule has 57 heavy (non-hydrogen) atoms. The Balaban J connectivity index is 1.06. The van der Waals surface area contributed by atoms with Crippen LogP contribution in [0.2, 0.25) is 0 Å². The Morgan fingerprint density at radius 3 is 2.32 bits per heavy atom. The average Bonchev–Trinajstić information content (AvgIpc) is 3.75. The van der Waals surface area contributed by atoms with Crippen LogP contribution in [0, 0.1) is 0 Å². The van der Waals surface area contributed by atoms with Gasteiger partial charge in [0.1, 0.15) is 22.8 Å². The minimum Gasteiger partial charge on any atom is -0.493 e. The minimum absolute atomic E-state index is 0.168. The number of nitrogens with zero attached hydrogens (tertiary/aromatic N) is 4. The van der Waals surface area contributed by atoms with E-state index in [2.05, 4.69) is 33.0 Å². The Morgan fingerprint density at radius 2 is 1.58 bits per heavy atom. The average molecular weight is 776 g/mol. The van der Waals surface area contributed by atoms with Crippen molar-refractivity contribution in [2.45, 2.75) is 46.1 Å². The van der Waals surface area contributed by atoms with Crippen LogP contribution in [0.3, 0.4) is 0 Å². The first-order chi connectivity index (χ1) is 27.5. The maximum atomic E-state index is 13.4. The second kappa shape index (κ2) is 17.1. The molecule has 3 heterocycles. The van der Waals surface area contributed by atoms with Crippen molar-refractivity contribution in [3.8, 4) is 11.5 Å². The number of anilines is 1. The molecule has 0 atom stereocenters. The number of fused-ring (bicyclic) bond motifs is 2. The fourth-order valence-electron chi connectivity index (χ4n) is 7.64. The van der Waals surface area contributed by atoms with Crippen LogP contribution < -0.4 is 14.4 Å². The number of amides is 1. The Morgan fingerprint density at radius 1 is 0.860 bits per heavy atom. The van der Waals surface area contributed by atoms with Crippen molar-refractivity contribution < 1.29 is 33.6 Å². The molecule has 0 spiro atoms. The summed E-state index contributed by atoms with van der Waals surface area (Å²) in [5.74, 6) is 1.14. The third-order valence-electron chi connectivity index (χ3n) is 10.4. The molecule has 2 aliphatic rings. The number of aromatic amines is 1. The highest BCUT2D eigenvalue weighted by Gasteiger charge is 2.31. The molecule has 0 radical (unpaired) electrons. The molecule has 0 aliphatic carbocycles. The lowest BCUT2D eigenvalue weighted by molar-refractivity contribution is 0.0240. The Labute approximate surface area is 334 Å². The van der Waals surface area contributed by atoms with Crippen molar-refractivity contribution in [3.63, 3.8) is 0 Å². The highest BCUT2D eigenvalue weighted by molar-refractivity contribution is 6.02. The van der Waals surface area contributed by atoms with E-state index in [1.807, 2.05) is 99.4 Å². The van der Waals surface area contributed by atoms with Crippen molar-refractivity contribution in [2.75, 3.05) is 71.3 Å². The third-order valence-corrected chi connectivity index (χ3v) is 10.4. The van der Waals surface area contributed by atoms with E-state index in [9.17, 15) is 14.7 Å². The first kappa shape index (κ1) is 39.4. The predicted octanol–water partition coefficient (Wildman–Crippen LogP) is 7.47. The van der Waals surface area contributed by atoms with E-state index < -0.39 is 11.6 Å². The number of carbonyl (C=O) groups excluding carboxylic acids is 2. The number of carbonyl (C=O) groups is 2. The molecule has 1 aromatic heterocycles. The molecule has 7 rings (SSSR count). The summed E-state index contributed by atoms with van der Waals surface area (Å²) >= 11 is 0. The summed E-state index contributed by atoms with van der Waals surface area (Å²) in [7, 11) is 1.95. The first-order valence-corrected chi connectivity index (χ1v) is 19.7. The zero-order chi connectivity index (χ0) is 40.1. The van der Waals surface area contributed by atoms with Gasteiger partial charge < -0.3 is 48.6 Å². The molecule has 5 aromatic rings. The normalized spacial score (nSPS) is 14.8. The van der Waals surface area contributed by atoms with Gasteiger partial charge in [-0.25, -0.2) is 9.59 Å². The molecule has 2 aliphatic heterocycles. The molecular weight excluding hydrogens is 723 g/mol. The molecule has 0 unspecified atom stereocenters. The van der Waals surface area contributed by atoms with Gasteiger partial charge in [0.05, 0.1) is 43.4 Å². The molecule has 1 amide bonds. The van der Waals surface area contributed by atoms with Crippen LogP contribution in [-0.4, -0.2) is 109 Å². The van der Waals surface area contributed by atoms with Gasteiger partial charge >= 0.3 is 12.1 Å². The van der Waals surface area contributed by atoms with E-state index in [0.29, 0.717) is 63.7 Å². The maximum Gasteiger partial charge on any atom is 0.410 e. The topological polar surface area (TPSA) is 120 Å². The van der Waals surface area contributed by atoms with Crippen LogP contribution in [0.4, 0.5) is 10.5 Å². The summed E-state index contributed by atoms with van der Waals surface area (Å²) < 4.78 is 23.7. The lowest BCUT2D eigenvalue weighted by Gasteiger charge is -2.36. The highest BCUT2D eigenvalue weighted by Crippen LogP contribution is 2.37. The van der Waals surface area contributed by atoms with Gasteiger partial charge in [0, 0.05) is 55.2 Å². The molecule has 1 saturated heterocycles. The van der Waals surface area contributed by atoms with Gasteiger partial charge in [-0.1, -0.05) is 54.6 Å². The van der Waals surface area contributed by atoms with Crippen molar-refractivity contribution in [2.24, 2.45) is 0 Å². The third kappa shape index (κ3) is 8.76. The van der Waals surface area contributed by atoms with Gasteiger partial charge in [0.25, 0.3) is 0 Å². The van der Waals surface area contributed by atoms with Gasteiger partial charge in [-0.15, -0.1) is 0 Å². The smallest absolute Gasteiger partial charge is 0.410 e. The molecule has 4 aromatic carbocycles. The summed E-state index contributed by atoms with van der Waals surface area (Å²) in [6.07, 6.45) is 1.000. The number of benzene rings is 4. The number of aryl methyl sites for hydroxylation is 1. The number of H-pyrrole nitrogens is 1. The number of para-hydroxylation sites is 1. The number of likely N-dealkylation sites (N-methyl/N-ethyl adjacent to an activating group) is 1. The summed E-state index contributed by atoms with van der Waals surface area (Å²) in [6.45, 7) is 11.3. The lowest BCUT2D eigenvalue weighted by atomic mass is 10.0.